The molecular weight excluding hydrogens is 210 g/mol. The van der Waals surface area contributed by atoms with Crippen molar-refractivity contribution in [2.75, 3.05) is 32.9 Å². The summed E-state index contributed by atoms with van der Waals surface area (Å²) in [6.07, 6.45) is 0.803. The zero-order valence-electron chi connectivity index (χ0n) is 10.3. The molecule has 0 bridgehead atoms. The summed E-state index contributed by atoms with van der Waals surface area (Å²) < 4.78 is 9.82. The van der Waals surface area contributed by atoms with E-state index in [9.17, 15) is 9.59 Å². The Morgan fingerprint density at radius 3 is 2.31 bits per heavy atom. The number of nitrogens with zero attached hydrogens (tertiary/aromatic N) is 1. The van der Waals surface area contributed by atoms with Crippen LogP contribution in [-0.4, -0.2) is 49.7 Å². The van der Waals surface area contributed by atoms with Crippen molar-refractivity contribution < 1.29 is 19.1 Å². The van der Waals surface area contributed by atoms with Gasteiger partial charge in [-0.2, -0.15) is 0 Å². The summed E-state index contributed by atoms with van der Waals surface area (Å²) in [5.41, 5.74) is 0. The van der Waals surface area contributed by atoms with Crippen molar-refractivity contribution in [2.24, 2.45) is 0 Å². The lowest BCUT2D eigenvalue weighted by Crippen LogP contribution is -2.39. The number of amides is 1. The summed E-state index contributed by atoms with van der Waals surface area (Å²) in [7, 11) is 0. The molecule has 94 valence electrons. The van der Waals surface area contributed by atoms with Crippen LogP contribution in [0.2, 0.25) is 0 Å². The van der Waals surface area contributed by atoms with Crippen LogP contribution in [0.5, 0.6) is 0 Å². The van der Waals surface area contributed by atoms with E-state index in [-0.39, 0.29) is 25.0 Å². The van der Waals surface area contributed by atoms with E-state index in [0.717, 1.165) is 6.42 Å². The topological polar surface area (TPSA) is 55.8 Å². The van der Waals surface area contributed by atoms with Gasteiger partial charge in [-0.05, 0) is 20.3 Å². The Morgan fingerprint density at radius 2 is 1.81 bits per heavy atom. The van der Waals surface area contributed by atoms with E-state index in [0.29, 0.717) is 19.8 Å². The SMILES string of the molecule is CCCN(CC(=O)OCC)C(=O)COCC. The molecule has 0 saturated carbocycles. The van der Waals surface area contributed by atoms with Gasteiger partial charge in [0, 0.05) is 13.2 Å². The molecule has 16 heavy (non-hydrogen) atoms. The van der Waals surface area contributed by atoms with Crippen LogP contribution < -0.4 is 0 Å². The van der Waals surface area contributed by atoms with E-state index < -0.39 is 0 Å². The van der Waals surface area contributed by atoms with Crippen molar-refractivity contribution in [1.82, 2.24) is 4.90 Å². The molecule has 0 rings (SSSR count). The second kappa shape index (κ2) is 9.15. The third-order valence-electron chi connectivity index (χ3n) is 1.90. The Hall–Kier alpha value is -1.10. The lowest BCUT2D eigenvalue weighted by molar-refractivity contribution is -0.150. The van der Waals surface area contributed by atoms with Gasteiger partial charge in [0.25, 0.3) is 0 Å². The highest BCUT2D eigenvalue weighted by Crippen LogP contribution is 1.95. The molecule has 5 nitrogen and oxygen atoms in total. The first-order valence-corrected chi connectivity index (χ1v) is 5.66. The summed E-state index contributed by atoms with van der Waals surface area (Å²) in [5.74, 6) is -0.544. The lowest BCUT2D eigenvalue weighted by Gasteiger charge is -2.20. The minimum absolute atomic E-state index is 0.00753. The molecule has 0 unspecified atom stereocenters. The maximum atomic E-state index is 11.6. The van der Waals surface area contributed by atoms with Crippen molar-refractivity contribution in [1.29, 1.82) is 0 Å². The van der Waals surface area contributed by atoms with Crippen molar-refractivity contribution in [3.63, 3.8) is 0 Å². The van der Waals surface area contributed by atoms with E-state index in [1.54, 1.807) is 6.92 Å². The van der Waals surface area contributed by atoms with Gasteiger partial charge in [0.1, 0.15) is 13.2 Å². The molecule has 0 saturated heterocycles. The second-order valence-electron chi connectivity index (χ2n) is 3.26. The van der Waals surface area contributed by atoms with E-state index in [1.807, 2.05) is 13.8 Å². The number of hydrogen-bond donors (Lipinski definition) is 0. The Labute approximate surface area is 96.7 Å². The number of esters is 1. The third kappa shape index (κ3) is 6.40. The Balaban J connectivity index is 4.13. The fourth-order valence-corrected chi connectivity index (χ4v) is 1.20. The highest BCUT2D eigenvalue weighted by atomic mass is 16.5. The first-order valence-electron chi connectivity index (χ1n) is 5.66. The zero-order chi connectivity index (χ0) is 12.4. The van der Waals surface area contributed by atoms with Crippen LogP contribution in [-0.2, 0) is 19.1 Å². The quantitative estimate of drug-likeness (QED) is 0.580. The molecule has 0 fully saturated rings. The average molecular weight is 231 g/mol. The Bertz CT molecular complexity index is 218. The predicted octanol–water partition coefficient (Wildman–Crippen LogP) is 0.825. The van der Waals surface area contributed by atoms with Crippen molar-refractivity contribution >= 4 is 11.9 Å². The molecule has 1 amide bonds. The van der Waals surface area contributed by atoms with Gasteiger partial charge in [0.2, 0.25) is 5.91 Å². The average Bonchev–Trinajstić information content (AvgIpc) is 2.25. The Morgan fingerprint density at radius 1 is 1.12 bits per heavy atom. The number of hydrogen-bond acceptors (Lipinski definition) is 4. The van der Waals surface area contributed by atoms with Gasteiger partial charge < -0.3 is 14.4 Å². The summed E-state index contributed by atoms with van der Waals surface area (Å²) in [6.45, 7) is 6.91. The van der Waals surface area contributed by atoms with Gasteiger partial charge >= 0.3 is 5.97 Å². The van der Waals surface area contributed by atoms with Crippen LogP contribution in [0.3, 0.4) is 0 Å². The van der Waals surface area contributed by atoms with Gasteiger partial charge in [0.15, 0.2) is 0 Å². The van der Waals surface area contributed by atoms with Crippen LogP contribution in [0.15, 0.2) is 0 Å². The van der Waals surface area contributed by atoms with Crippen LogP contribution in [0.4, 0.5) is 0 Å². The van der Waals surface area contributed by atoms with E-state index >= 15 is 0 Å². The number of rotatable bonds is 8. The van der Waals surface area contributed by atoms with Crippen LogP contribution >= 0.6 is 0 Å². The third-order valence-corrected chi connectivity index (χ3v) is 1.90. The monoisotopic (exact) mass is 231 g/mol. The molecule has 0 atom stereocenters. The van der Waals surface area contributed by atoms with E-state index in [4.69, 9.17) is 9.47 Å². The summed E-state index contributed by atoms with van der Waals surface area (Å²) in [6, 6.07) is 0. The molecule has 0 aromatic heterocycles. The zero-order valence-corrected chi connectivity index (χ0v) is 10.3. The molecule has 5 heteroatoms. The summed E-state index contributed by atoms with van der Waals surface area (Å²) >= 11 is 0. The minimum atomic E-state index is -0.374. The molecule has 0 heterocycles. The smallest absolute Gasteiger partial charge is 0.325 e. The number of ether oxygens (including phenoxy) is 2. The summed E-state index contributed by atoms with van der Waals surface area (Å²) in [5, 5.41) is 0. The van der Waals surface area contributed by atoms with Gasteiger partial charge in [0.05, 0.1) is 6.61 Å². The van der Waals surface area contributed by atoms with Gasteiger partial charge in [-0.25, -0.2) is 0 Å². The van der Waals surface area contributed by atoms with Gasteiger partial charge in [-0.15, -0.1) is 0 Å². The van der Waals surface area contributed by atoms with E-state index in [1.165, 1.54) is 4.90 Å². The Kier molecular flexibility index (Phi) is 8.52. The van der Waals surface area contributed by atoms with Crippen LogP contribution in [0.1, 0.15) is 27.2 Å². The molecule has 0 aliphatic heterocycles. The summed E-state index contributed by atoms with van der Waals surface area (Å²) in [4.78, 5) is 24.3. The molecule has 0 spiro atoms. The first kappa shape index (κ1) is 14.9. The molecular formula is C11H21NO4. The van der Waals surface area contributed by atoms with Crippen LogP contribution in [0.25, 0.3) is 0 Å². The highest BCUT2D eigenvalue weighted by molar-refractivity contribution is 5.82. The lowest BCUT2D eigenvalue weighted by atomic mass is 10.4. The predicted molar refractivity (Wildman–Crippen MR) is 60.0 cm³/mol. The molecule has 0 aromatic rings. The maximum Gasteiger partial charge on any atom is 0.325 e. The van der Waals surface area contributed by atoms with Crippen molar-refractivity contribution in [3.8, 4) is 0 Å². The first-order chi connectivity index (χ1) is 7.65. The molecule has 0 aliphatic carbocycles. The van der Waals surface area contributed by atoms with E-state index in [2.05, 4.69) is 0 Å². The second-order valence-corrected chi connectivity index (χ2v) is 3.26. The molecule has 0 aliphatic rings. The number of carbonyl (C=O) groups excluding carboxylic acids is 2. The van der Waals surface area contributed by atoms with Gasteiger partial charge in [-0.1, -0.05) is 6.92 Å². The minimum Gasteiger partial charge on any atom is -0.465 e. The standard InChI is InChI=1S/C11H21NO4/c1-4-7-12(8-11(14)16-6-3)10(13)9-15-5-2/h4-9H2,1-3H3. The normalized spacial score (nSPS) is 9.94. The number of carbonyl (C=O) groups is 2. The van der Waals surface area contributed by atoms with Crippen LogP contribution in [0, 0.1) is 0 Å². The fraction of sp³-hybridized carbons (Fsp3) is 0.818. The highest BCUT2D eigenvalue weighted by Gasteiger charge is 2.16. The van der Waals surface area contributed by atoms with Crippen molar-refractivity contribution in [3.05, 3.63) is 0 Å². The maximum absolute atomic E-state index is 11.6. The molecule has 0 N–H and O–H groups in total. The molecule has 0 radical (unpaired) electrons. The molecule has 0 aromatic carbocycles. The fourth-order valence-electron chi connectivity index (χ4n) is 1.20. The van der Waals surface area contributed by atoms with Crippen molar-refractivity contribution in [2.45, 2.75) is 27.2 Å². The van der Waals surface area contributed by atoms with Gasteiger partial charge in [-0.3, -0.25) is 9.59 Å². The largest absolute Gasteiger partial charge is 0.465 e.